The summed E-state index contributed by atoms with van der Waals surface area (Å²) in [6.07, 6.45) is 4.69. The number of carbonyl (C=O) groups is 1. The Hall–Kier alpha value is -2.03. The molecule has 4 heterocycles. The molecule has 2 aliphatic rings. The van der Waals surface area contributed by atoms with Crippen LogP contribution in [0.25, 0.3) is 20.9 Å². The smallest absolute Gasteiger partial charge is 0.236 e. The molecular formula is C19H21N5OS2. The van der Waals surface area contributed by atoms with Crippen LogP contribution in [-0.4, -0.2) is 41.6 Å². The van der Waals surface area contributed by atoms with Crippen LogP contribution in [0.4, 0.5) is 5.82 Å². The van der Waals surface area contributed by atoms with Gasteiger partial charge >= 0.3 is 0 Å². The van der Waals surface area contributed by atoms with E-state index in [0.717, 1.165) is 47.3 Å². The summed E-state index contributed by atoms with van der Waals surface area (Å²) in [6, 6.07) is 3.75. The van der Waals surface area contributed by atoms with Gasteiger partial charge in [0.25, 0.3) is 0 Å². The molecule has 0 unspecified atom stereocenters. The van der Waals surface area contributed by atoms with Gasteiger partial charge in [-0.1, -0.05) is 6.07 Å². The lowest BCUT2D eigenvalue weighted by atomic mass is 9.96. The van der Waals surface area contributed by atoms with E-state index >= 15 is 0 Å². The minimum atomic E-state index is -0.344. The summed E-state index contributed by atoms with van der Waals surface area (Å²) in [7, 11) is 0. The molecule has 3 aromatic heterocycles. The fraction of sp³-hybridized carbons (Fsp3) is 0.421. The van der Waals surface area contributed by atoms with E-state index in [4.69, 9.17) is 15.7 Å². The fourth-order valence-corrected chi connectivity index (χ4v) is 5.93. The number of hydrogen-bond acceptors (Lipinski definition) is 7. The molecule has 1 fully saturated rings. The molecule has 8 heteroatoms. The van der Waals surface area contributed by atoms with E-state index in [0.29, 0.717) is 6.54 Å². The third kappa shape index (κ3) is 3.01. The Balaban J connectivity index is 1.68. The zero-order valence-electron chi connectivity index (χ0n) is 14.9. The van der Waals surface area contributed by atoms with E-state index < -0.39 is 0 Å². The van der Waals surface area contributed by atoms with Crippen molar-refractivity contribution in [2.24, 2.45) is 5.73 Å². The van der Waals surface area contributed by atoms with E-state index in [9.17, 15) is 4.79 Å². The number of thiophene rings is 2. The summed E-state index contributed by atoms with van der Waals surface area (Å²) >= 11 is 3.47. The molecular weight excluding hydrogens is 378 g/mol. The SMILES string of the molecule is NC(=O)[C@@H]1CN(c2nc(-c3cccs3)nc3sc4c(c23)CCCC4)CCN1. The minimum absolute atomic E-state index is 0.309. The molecule has 6 nitrogen and oxygen atoms in total. The van der Waals surface area contributed by atoms with Gasteiger partial charge in [0.15, 0.2) is 5.82 Å². The van der Waals surface area contributed by atoms with Crippen LogP contribution in [0.5, 0.6) is 0 Å². The van der Waals surface area contributed by atoms with Crippen LogP contribution in [0.3, 0.4) is 0 Å². The number of rotatable bonds is 3. The van der Waals surface area contributed by atoms with Gasteiger partial charge in [-0.15, -0.1) is 22.7 Å². The third-order valence-corrected chi connectivity index (χ3v) is 7.41. The normalized spacial score (nSPS) is 20.0. The minimum Gasteiger partial charge on any atom is -0.368 e. The van der Waals surface area contributed by atoms with Crippen LogP contribution in [-0.2, 0) is 17.6 Å². The number of nitrogens with zero attached hydrogens (tertiary/aromatic N) is 3. The van der Waals surface area contributed by atoms with E-state index in [-0.39, 0.29) is 11.9 Å². The maximum absolute atomic E-state index is 11.7. The van der Waals surface area contributed by atoms with Gasteiger partial charge in [0, 0.05) is 24.5 Å². The Bertz CT molecular complexity index is 997. The molecule has 1 atom stereocenters. The molecule has 0 spiro atoms. The van der Waals surface area contributed by atoms with Gasteiger partial charge in [-0.2, -0.15) is 0 Å². The lowest BCUT2D eigenvalue weighted by molar-refractivity contribution is -0.120. The average molecular weight is 400 g/mol. The van der Waals surface area contributed by atoms with Crippen molar-refractivity contribution in [3.8, 4) is 10.7 Å². The van der Waals surface area contributed by atoms with Crippen molar-refractivity contribution >= 4 is 44.6 Å². The maximum Gasteiger partial charge on any atom is 0.236 e. The van der Waals surface area contributed by atoms with Crippen LogP contribution in [0.1, 0.15) is 23.3 Å². The van der Waals surface area contributed by atoms with Crippen LogP contribution in [0.15, 0.2) is 17.5 Å². The summed E-state index contributed by atoms with van der Waals surface area (Å²) in [5.41, 5.74) is 6.98. The number of nitrogens with two attached hydrogens (primary N) is 1. The number of piperazine rings is 1. The molecule has 1 aliphatic heterocycles. The second-order valence-corrected chi connectivity index (χ2v) is 9.13. The van der Waals surface area contributed by atoms with Gasteiger partial charge in [0.2, 0.25) is 5.91 Å². The quantitative estimate of drug-likeness (QED) is 0.707. The van der Waals surface area contributed by atoms with E-state index in [1.54, 1.807) is 11.3 Å². The number of hydrogen-bond donors (Lipinski definition) is 2. The van der Waals surface area contributed by atoms with Gasteiger partial charge in [-0.3, -0.25) is 4.79 Å². The Kier molecular flexibility index (Phi) is 4.34. The molecule has 140 valence electrons. The Morgan fingerprint density at radius 3 is 3.00 bits per heavy atom. The van der Waals surface area contributed by atoms with Crippen molar-refractivity contribution in [3.05, 3.63) is 28.0 Å². The Morgan fingerprint density at radius 2 is 2.19 bits per heavy atom. The summed E-state index contributed by atoms with van der Waals surface area (Å²) in [4.78, 5) is 27.5. The van der Waals surface area contributed by atoms with Crippen molar-refractivity contribution in [2.45, 2.75) is 31.7 Å². The van der Waals surface area contributed by atoms with Crippen LogP contribution in [0.2, 0.25) is 0 Å². The van der Waals surface area contributed by atoms with Crippen LogP contribution in [0, 0.1) is 0 Å². The molecule has 1 saturated heterocycles. The Morgan fingerprint density at radius 1 is 1.30 bits per heavy atom. The predicted molar refractivity (Wildman–Crippen MR) is 111 cm³/mol. The first-order valence-corrected chi connectivity index (χ1v) is 11.0. The summed E-state index contributed by atoms with van der Waals surface area (Å²) < 4.78 is 0. The number of aromatic nitrogens is 2. The van der Waals surface area contributed by atoms with Gasteiger partial charge in [-0.25, -0.2) is 9.97 Å². The Labute approximate surface area is 165 Å². The monoisotopic (exact) mass is 399 g/mol. The van der Waals surface area contributed by atoms with E-state index in [2.05, 4.69) is 21.7 Å². The van der Waals surface area contributed by atoms with E-state index in [1.807, 2.05) is 17.4 Å². The number of aryl methyl sites for hydroxylation is 2. The zero-order chi connectivity index (χ0) is 18.4. The first-order chi connectivity index (χ1) is 13.2. The number of primary amides is 1. The molecule has 0 saturated carbocycles. The maximum atomic E-state index is 11.7. The molecule has 1 aliphatic carbocycles. The van der Waals surface area contributed by atoms with Crippen molar-refractivity contribution in [1.29, 1.82) is 0 Å². The molecule has 5 rings (SSSR count). The number of anilines is 1. The largest absolute Gasteiger partial charge is 0.368 e. The lowest BCUT2D eigenvalue weighted by Gasteiger charge is -2.33. The highest BCUT2D eigenvalue weighted by molar-refractivity contribution is 7.19. The van der Waals surface area contributed by atoms with E-state index in [1.165, 1.54) is 28.7 Å². The fourth-order valence-electron chi connectivity index (χ4n) is 4.02. The predicted octanol–water partition coefficient (Wildman–Crippen LogP) is 2.56. The summed E-state index contributed by atoms with van der Waals surface area (Å²) in [5.74, 6) is 1.44. The van der Waals surface area contributed by atoms with Gasteiger partial charge in [-0.05, 0) is 42.7 Å². The molecule has 1 amide bonds. The topological polar surface area (TPSA) is 84.1 Å². The molecule has 3 aromatic rings. The highest BCUT2D eigenvalue weighted by Gasteiger charge is 2.29. The highest BCUT2D eigenvalue weighted by Crippen LogP contribution is 2.41. The second kappa shape index (κ2) is 6.85. The summed E-state index contributed by atoms with van der Waals surface area (Å²) in [5, 5.41) is 6.46. The standard InChI is InChI=1S/C19H21N5OS2/c20-16(25)12-10-24(8-7-21-12)18-15-11-4-1-2-5-13(11)27-19(15)23-17(22-18)14-6-3-9-26-14/h3,6,9,12,21H,1-2,4-5,7-8,10H2,(H2,20,25)/t12-/m0/s1. The second-order valence-electron chi connectivity index (χ2n) is 7.09. The number of nitrogens with one attached hydrogen (secondary N) is 1. The molecule has 3 N–H and O–H groups in total. The molecule has 0 aromatic carbocycles. The highest BCUT2D eigenvalue weighted by atomic mass is 32.1. The van der Waals surface area contributed by atoms with Crippen molar-refractivity contribution in [3.63, 3.8) is 0 Å². The number of amides is 1. The first-order valence-electron chi connectivity index (χ1n) is 9.34. The van der Waals surface area contributed by atoms with Gasteiger partial charge < -0.3 is 16.0 Å². The van der Waals surface area contributed by atoms with Crippen molar-refractivity contribution < 1.29 is 4.79 Å². The number of fused-ring (bicyclic) bond motifs is 3. The number of carbonyl (C=O) groups excluding carboxylic acids is 1. The van der Waals surface area contributed by atoms with Crippen LogP contribution >= 0.6 is 22.7 Å². The molecule has 27 heavy (non-hydrogen) atoms. The molecule has 0 bridgehead atoms. The van der Waals surface area contributed by atoms with Gasteiger partial charge in [0.05, 0.1) is 10.3 Å². The average Bonchev–Trinajstić information content (AvgIpc) is 3.35. The first kappa shape index (κ1) is 17.1. The van der Waals surface area contributed by atoms with Crippen LogP contribution < -0.4 is 16.0 Å². The molecule has 0 radical (unpaired) electrons. The van der Waals surface area contributed by atoms with Crippen molar-refractivity contribution in [2.75, 3.05) is 24.5 Å². The lowest BCUT2D eigenvalue weighted by Crippen LogP contribution is -2.56. The zero-order valence-corrected chi connectivity index (χ0v) is 16.5. The third-order valence-electron chi connectivity index (χ3n) is 5.36. The summed E-state index contributed by atoms with van der Waals surface area (Å²) in [6.45, 7) is 2.08. The van der Waals surface area contributed by atoms with Crippen molar-refractivity contribution in [1.82, 2.24) is 15.3 Å². The van der Waals surface area contributed by atoms with Gasteiger partial charge in [0.1, 0.15) is 16.7 Å².